The van der Waals surface area contributed by atoms with Crippen LogP contribution in [0.1, 0.15) is 13.8 Å². The average Bonchev–Trinajstić information content (AvgIpc) is 2.86. The normalized spacial score (nSPS) is 21.7. The Morgan fingerprint density at radius 2 is 0.812 bits per heavy atom. The summed E-state index contributed by atoms with van der Waals surface area (Å²) in [6, 6.07) is 42.5. The molecule has 0 saturated carbocycles. The highest BCUT2D eigenvalue weighted by atomic mass is 31.2. The van der Waals surface area contributed by atoms with Gasteiger partial charge in [-0.1, -0.05) is 97.1 Å². The summed E-state index contributed by atoms with van der Waals surface area (Å²) in [6.45, 7) is 2.67. The van der Waals surface area contributed by atoms with Gasteiger partial charge in [0, 0.05) is 0 Å². The molecule has 0 aliphatic carbocycles. The van der Waals surface area contributed by atoms with E-state index < -0.39 is 13.8 Å². The molecule has 0 amide bonds. The van der Waals surface area contributed by atoms with Crippen LogP contribution in [-0.4, -0.2) is 18.2 Å². The maximum Gasteiger partial charge on any atom is 0.304 e. The molecule has 0 N–H and O–H groups in total. The van der Waals surface area contributed by atoms with Crippen LogP contribution in [0.2, 0.25) is 0 Å². The molecule has 0 bridgehead atoms. The Labute approximate surface area is 191 Å². The number of hydrogen-bond donors (Lipinski definition) is 0. The molecule has 2 atom stereocenters. The highest BCUT2D eigenvalue weighted by Gasteiger charge is 2.59. The first kappa shape index (κ1) is 21.2. The van der Waals surface area contributed by atoms with Crippen LogP contribution in [0, 0.1) is 0 Å². The second kappa shape index (κ2) is 8.67. The van der Waals surface area contributed by atoms with Crippen LogP contribution >= 0.6 is 7.26 Å². The van der Waals surface area contributed by atoms with E-state index in [4.69, 9.17) is 9.31 Å². The van der Waals surface area contributed by atoms with Crippen molar-refractivity contribution in [2.45, 2.75) is 25.5 Å². The minimum Gasteiger partial charge on any atom is -0.528 e. The van der Waals surface area contributed by atoms with Gasteiger partial charge in [0.05, 0.1) is 0 Å². The predicted molar refractivity (Wildman–Crippen MR) is 138 cm³/mol. The van der Waals surface area contributed by atoms with E-state index in [-0.39, 0.29) is 11.7 Å². The van der Waals surface area contributed by atoms with E-state index in [9.17, 15) is 0 Å². The summed E-state index contributed by atoms with van der Waals surface area (Å²) in [5.74, 6) is -0.0343. The molecule has 1 aliphatic heterocycles. The SMILES string of the molecule is CC1O[B-](c2ccccc2)(c2ccccc2)OC(C)[P+]1(c1ccccc1)c1ccccc1. The topological polar surface area (TPSA) is 18.5 Å². The molecule has 0 radical (unpaired) electrons. The van der Waals surface area contributed by atoms with Crippen molar-refractivity contribution in [2.75, 3.05) is 0 Å². The maximum atomic E-state index is 7.13. The lowest BCUT2D eigenvalue weighted by Crippen LogP contribution is -2.69. The second-order valence-electron chi connectivity index (χ2n) is 8.45. The van der Waals surface area contributed by atoms with Crippen LogP contribution in [0.4, 0.5) is 0 Å². The van der Waals surface area contributed by atoms with Gasteiger partial charge in [-0.3, -0.25) is 0 Å². The smallest absolute Gasteiger partial charge is 0.304 e. The van der Waals surface area contributed by atoms with E-state index in [2.05, 4.69) is 123 Å². The fraction of sp³-hybridized carbons (Fsp3) is 0.143. The van der Waals surface area contributed by atoms with Crippen molar-refractivity contribution in [1.29, 1.82) is 0 Å². The van der Waals surface area contributed by atoms with E-state index in [0.29, 0.717) is 0 Å². The van der Waals surface area contributed by atoms with Gasteiger partial charge in [-0.25, -0.2) is 0 Å². The third-order valence-electron chi connectivity index (χ3n) is 6.77. The first-order valence-electron chi connectivity index (χ1n) is 11.3. The molecule has 1 aliphatic rings. The van der Waals surface area contributed by atoms with Gasteiger partial charge in [0.2, 0.25) is 0 Å². The molecule has 0 aromatic heterocycles. The largest absolute Gasteiger partial charge is 0.528 e. The van der Waals surface area contributed by atoms with Crippen LogP contribution in [0.25, 0.3) is 0 Å². The lowest BCUT2D eigenvalue weighted by Gasteiger charge is -2.56. The molecular formula is C28H28BO2P. The van der Waals surface area contributed by atoms with Gasteiger partial charge in [-0.15, -0.1) is 10.9 Å². The van der Waals surface area contributed by atoms with E-state index in [1.54, 1.807) is 0 Å². The van der Waals surface area contributed by atoms with Crippen molar-refractivity contribution in [1.82, 2.24) is 0 Å². The second-order valence-corrected chi connectivity index (χ2v) is 12.5. The third-order valence-corrected chi connectivity index (χ3v) is 11.6. The van der Waals surface area contributed by atoms with Crippen molar-refractivity contribution < 1.29 is 9.31 Å². The lowest BCUT2D eigenvalue weighted by molar-refractivity contribution is 0.145. The zero-order valence-electron chi connectivity index (χ0n) is 18.5. The highest BCUT2D eigenvalue weighted by molar-refractivity contribution is 7.90. The quantitative estimate of drug-likeness (QED) is 0.341. The summed E-state index contributed by atoms with van der Waals surface area (Å²) >= 11 is 0. The number of rotatable bonds is 4. The molecule has 1 heterocycles. The minimum atomic E-state index is -2.03. The highest BCUT2D eigenvalue weighted by Crippen LogP contribution is 2.67. The standard InChI is InChI=1S/C28H28BO2P/c1-23-30-29(25-15-7-3-8-16-25,26-17-9-4-10-18-26)31-24(2)32(23,27-19-11-5-12-20-27)28-21-13-6-14-22-28/h3-24H,1-2H3. The van der Waals surface area contributed by atoms with Crippen LogP contribution in [0.5, 0.6) is 0 Å². The maximum absolute atomic E-state index is 7.13. The average molecular weight is 438 g/mol. The van der Waals surface area contributed by atoms with Gasteiger partial charge in [0.15, 0.2) is 0 Å². The summed E-state index contributed by atoms with van der Waals surface area (Å²) in [7, 11) is -2.03. The van der Waals surface area contributed by atoms with Crippen LogP contribution < -0.4 is 21.5 Å². The molecule has 4 heteroatoms. The zero-order chi connectivity index (χ0) is 22.0. The third kappa shape index (κ3) is 3.33. The van der Waals surface area contributed by atoms with Crippen LogP contribution in [0.15, 0.2) is 121 Å². The molecule has 4 aromatic carbocycles. The molecule has 2 unspecified atom stereocenters. The lowest BCUT2D eigenvalue weighted by atomic mass is 9.46. The monoisotopic (exact) mass is 438 g/mol. The fourth-order valence-corrected chi connectivity index (χ4v) is 9.96. The Morgan fingerprint density at radius 1 is 0.500 bits per heavy atom. The minimum absolute atomic E-state index is 0.0172. The summed E-state index contributed by atoms with van der Waals surface area (Å²) in [6.07, 6.45) is 0. The summed E-state index contributed by atoms with van der Waals surface area (Å²) in [4.78, 5) is 0. The van der Waals surface area contributed by atoms with Crippen LogP contribution in [-0.2, 0) is 9.31 Å². The Balaban J connectivity index is 1.71. The molecular weight excluding hydrogens is 410 g/mol. The van der Waals surface area contributed by atoms with E-state index in [1.165, 1.54) is 10.6 Å². The van der Waals surface area contributed by atoms with Gasteiger partial charge in [0.25, 0.3) is 0 Å². The summed E-state index contributed by atoms with van der Waals surface area (Å²) in [5, 5.41) is 2.63. The Hall–Kier alpha value is -2.71. The first-order chi connectivity index (χ1) is 15.7. The number of benzene rings is 4. The molecule has 160 valence electrons. The van der Waals surface area contributed by atoms with Crippen molar-refractivity contribution in [3.8, 4) is 0 Å². The zero-order valence-corrected chi connectivity index (χ0v) is 19.4. The van der Waals surface area contributed by atoms with Gasteiger partial charge >= 0.3 is 6.55 Å². The van der Waals surface area contributed by atoms with Crippen LogP contribution in [0.3, 0.4) is 0 Å². The Kier molecular flexibility index (Phi) is 5.74. The van der Waals surface area contributed by atoms with Gasteiger partial charge < -0.3 is 9.31 Å². The summed E-state index contributed by atoms with van der Waals surface area (Å²) < 4.78 is 14.3. The van der Waals surface area contributed by atoms with Crippen molar-refractivity contribution in [2.24, 2.45) is 0 Å². The van der Waals surface area contributed by atoms with E-state index in [0.717, 1.165) is 10.9 Å². The van der Waals surface area contributed by atoms with Crippen molar-refractivity contribution in [3.05, 3.63) is 121 Å². The molecule has 2 nitrogen and oxygen atoms in total. The number of hydrogen-bond acceptors (Lipinski definition) is 2. The first-order valence-corrected chi connectivity index (χ1v) is 13.2. The Morgan fingerprint density at radius 3 is 1.16 bits per heavy atom. The molecule has 5 rings (SSSR count). The van der Waals surface area contributed by atoms with Gasteiger partial charge in [0.1, 0.15) is 29.6 Å². The fourth-order valence-electron chi connectivity index (χ4n) is 5.33. The van der Waals surface area contributed by atoms with E-state index >= 15 is 0 Å². The molecule has 32 heavy (non-hydrogen) atoms. The predicted octanol–water partition coefficient (Wildman–Crippen LogP) is 4.65. The molecule has 1 saturated heterocycles. The van der Waals surface area contributed by atoms with E-state index in [1.807, 2.05) is 12.1 Å². The molecule has 1 fully saturated rings. The molecule has 0 spiro atoms. The van der Waals surface area contributed by atoms with Gasteiger partial charge in [-0.2, -0.15) is 0 Å². The Bertz CT molecular complexity index is 1060. The van der Waals surface area contributed by atoms with Gasteiger partial charge in [-0.05, 0) is 38.1 Å². The van der Waals surface area contributed by atoms with Crippen molar-refractivity contribution in [3.63, 3.8) is 0 Å². The molecule has 4 aromatic rings. The summed E-state index contributed by atoms with van der Waals surface area (Å²) in [5.41, 5.74) is 2.16. The van der Waals surface area contributed by atoms with Crippen molar-refractivity contribution >= 4 is 35.3 Å².